The molecule has 0 nitrogen and oxygen atoms in total. The highest BCUT2D eigenvalue weighted by molar-refractivity contribution is 7.23. The summed E-state index contributed by atoms with van der Waals surface area (Å²) >= 11 is 0. The maximum atomic E-state index is 4.96. The van der Waals surface area contributed by atoms with E-state index < -0.39 is 0 Å². The van der Waals surface area contributed by atoms with Crippen LogP contribution >= 0.6 is 0 Å². The zero-order valence-electron chi connectivity index (χ0n) is 3.44. The Balaban J connectivity index is 0. The highest BCUT2D eigenvalue weighted by atomic mass is 13.3. The summed E-state index contributed by atoms with van der Waals surface area (Å²) in [5.41, 5.74) is 0. The molecule has 0 N–H and O–H groups in total. The van der Waals surface area contributed by atoms with Gasteiger partial charge in [0.25, 0.3) is 0 Å². The van der Waals surface area contributed by atoms with Crippen molar-refractivity contribution in [1.82, 2.24) is 0 Å². The summed E-state index contributed by atoms with van der Waals surface area (Å²) in [6, 6.07) is 0. The van der Waals surface area contributed by atoms with Crippen molar-refractivity contribution in [2.45, 2.75) is 20.7 Å². The summed E-state index contributed by atoms with van der Waals surface area (Å²) < 4.78 is 0. The molecule has 0 aromatic rings. The SMILES string of the molecule is C.[B][B][B]CC. The fourth-order valence-corrected chi connectivity index (χ4v) is 0.136. The van der Waals surface area contributed by atoms with Gasteiger partial charge in [-0.05, 0) is 0 Å². The van der Waals surface area contributed by atoms with E-state index in [2.05, 4.69) is 0 Å². The Labute approximate surface area is 43.6 Å². The average Bonchev–Trinajstić information content (AvgIpc) is 1.41. The molecule has 0 amide bonds. The minimum atomic E-state index is 0. The highest BCUT2D eigenvalue weighted by Gasteiger charge is 1.73. The average molecular weight is 77.5 g/mol. The molecule has 0 aromatic carbocycles. The van der Waals surface area contributed by atoms with Crippen molar-refractivity contribution >= 4 is 22.0 Å². The first-order valence-corrected chi connectivity index (χ1v) is 1.78. The maximum absolute atomic E-state index is 4.96. The second-order valence-corrected chi connectivity index (χ2v) is 0.836. The monoisotopic (exact) mass is 78.1 g/mol. The van der Waals surface area contributed by atoms with E-state index in [4.69, 9.17) is 7.74 Å². The normalized spacial score (nSPS) is 5.50. The van der Waals surface area contributed by atoms with E-state index in [-0.39, 0.29) is 7.43 Å². The molecule has 0 aliphatic rings. The third kappa shape index (κ3) is 8.89. The van der Waals surface area contributed by atoms with Gasteiger partial charge in [-0.25, -0.2) is 0 Å². The van der Waals surface area contributed by atoms with Gasteiger partial charge in [-0.3, -0.25) is 0 Å². The van der Waals surface area contributed by atoms with Gasteiger partial charge in [-0.1, -0.05) is 20.7 Å². The predicted octanol–water partition coefficient (Wildman–Crippen LogP) is 0.468. The van der Waals surface area contributed by atoms with E-state index in [0.717, 1.165) is 6.32 Å². The van der Waals surface area contributed by atoms with Crippen LogP contribution in [-0.2, 0) is 0 Å². The van der Waals surface area contributed by atoms with Crippen molar-refractivity contribution < 1.29 is 0 Å². The predicted molar refractivity (Wildman–Crippen MR) is 34.5 cm³/mol. The van der Waals surface area contributed by atoms with Gasteiger partial charge in [0, 0.05) is 14.8 Å². The Morgan fingerprint density at radius 1 is 1.67 bits per heavy atom. The number of hydrogen-bond acceptors (Lipinski definition) is 0. The van der Waals surface area contributed by atoms with E-state index in [1.54, 1.807) is 7.06 Å². The van der Waals surface area contributed by atoms with Gasteiger partial charge in [-0.15, -0.1) is 0 Å². The molecule has 0 heterocycles. The van der Waals surface area contributed by atoms with Gasteiger partial charge < -0.3 is 0 Å². The molecule has 0 saturated heterocycles. The Morgan fingerprint density at radius 3 is 2.17 bits per heavy atom. The largest absolute Gasteiger partial charge is 0.0923 e. The molecule has 6 heavy (non-hydrogen) atoms. The molecule has 30 valence electrons. The fourth-order valence-electron chi connectivity index (χ4n) is 0.136. The third-order valence-corrected chi connectivity index (χ3v) is 0.372. The Bertz CT molecular complexity index is 13.5. The Hall–Kier alpha value is 0.195. The zero-order chi connectivity index (χ0) is 4.12. The summed E-state index contributed by atoms with van der Waals surface area (Å²) in [5, 5.41) is 0. The molecule has 0 aliphatic carbocycles. The second kappa shape index (κ2) is 8.96. The molecule has 0 saturated carbocycles. The lowest BCUT2D eigenvalue weighted by molar-refractivity contribution is 1.47. The van der Waals surface area contributed by atoms with Crippen LogP contribution in [0.25, 0.3) is 0 Å². The van der Waals surface area contributed by atoms with Crippen LogP contribution in [0.2, 0.25) is 6.32 Å². The zero-order valence-corrected chi connectivity index (χ0v) is 3.44. The molecular weight excluding hydrogens is 68.5 g/mol. The second-order valence-electron chi connectivity index (χ2n) is 0.836. The van der Waals surface area contributed by atoms with Crippen molar-refractivity contribution in [3.8, 4) is 0 Å². The minimum absolute atomic E-state index is 0. The molecular formula is C3H9B3. The van der Waals surface area contributed by atoms with E-state index in [9.17, 15) is 0 Å². The van der Waals surface area contributed by atoms with Gasteiger partial charge in [0.05, 0.1) is 7.17 Å². The summed E-state index contributed by atoms with van der Waals surface area (Å²) in [6.07, 6.45) is 1.04. The van der Waals surface area contributed by atoms with Crippen molar-refractivity contribution in [3.63, 3.8) is 0 Å². The summed E-state index contributed by atoms with van der Waals surface area (Å²) in [5.74, 6) is 0. The highest BCUT2D eigenvalue weighted by Crippen LogP contribution is 1.63. The lowest BCUT2D eigenvalue weighted by Gasteiger charge is -1.74. The van der Waals surface area contributed by atoms with E-state index >= 15 is 0 Å². The molecule has 0 aromatic heterocycles. The van der Waals surface area contributed by atoms with Crippen LogP contribution in [0, 0.1) is 0 Å². The Kier molecular flexibility index (Phi) is 14.2. The van der Waals surface area contributed by atoms with Gasteiger partial charge in [0.1, 0.15) is 0 Å². The van der Waals surface area contributed by atoms with E-state index in [0.29, 0.717) is 0 Å². The number of rotatable bonds is 2. The molecule has 4 radical (unpaired) electrons. The Morgan fingerprint density at radius 2 is 2.17 bits per heavy atom. The summed E-state index contributed by atoms with van der Waals surface area (Å²) in [7, 11) is 8.42. The smallest absolute Gasteiger partial charge is 0.0541 e. The molecule has 0 bridgehead atoms. The molecule has 0 atom stereocenters. The quantitative estimate of drug-likeness (QED) is 0.420. The topological polar surface area (TPSA) is 0 Å². The van der Waals surface area contributed by atoms with Gasteiger partial charge in [0.2, 0.25) is 0 Å². The molecule has 0 fully saturated rings. The maximum Gasteiger partial charge on any atom is 0.0541 e. The first-order chi connectivity index (χ1) is 2.41. The van der Waals surface area contributed by atoms with Crippen LogP contribution < -0.4 is 0 Å². The van der Waals surface area contributed by atoms with Crippen molar-refractivity contribution in [3.05, 3.63) is 0 Å². The lowest BCUT2D eigenvalue weighted by atomic mass is 9.27. The molecule has 0 aliphatic heterocycles. The summed E-state index contributed by atoms with van der Waals surface area (Å²) in [4.78, 5) is 0. The van der Waals surface area contributed by atoms with Crippen LogP contribution in [0.3, 0.4) is 0 Å². The van der Waals surface area contributed by atoms with Crippen LogP contribution in [0.15, 0.2) is 0 Å². The molecule has 0 spiro atoms. The van der Waals surface area contributed by atoms with Gasteiger partial charge in [0.15, 0.2) is 0 Å². The van der Waals surface area contributed by atoms with Crippen LogP contribution in [0.1, 0.15) is 14.4 Å². The van der Waals surface area contributed by atoms with Crippen LogP contribution in [-0.4, -0.2) is 22.0 Å². The molecule has 0 unspecified atom stereocenters. The molecule has 0 rings (SSSR count). The lowest BCUT2D eigenvalue weighted by Crippen LogP contribution is -1.98. The molecule has 3 heteroatoms. The van der Waals surface area contributed by atoms with Crippen molar-refractivity contribution in [2.75, 3.05) is 0 Å². The standard InChI is InChI=1S/C2H5B3.CH4/c1-2-4-5-3;/h2H2,1H3;1H4. The number of hydrogen-bond donors (Lipinski definition) is 0. The van der Waals surface area contributed by atoms with Gasteiger partial charge in [-0.2, -0.15) is 0 Å². The van der Waals surface area contributed by atoms with Crippen molar-refractivity contribution in [2.24, 2.45) is 0 Å². The summed E-state index contributed by atoms with van der Waals surface area (Å²) in [6.45, 7) is 2.04. The third-order valence-electron chi connectivity index (χ3n) is 0.372. The van der Waals surface area contributed by atoms with Crippen LogP contribution in [0.4, 0.5) is 0 Å². The van der Waals surface area contributed by atoms with E-state index in [1.807, 2.05) is 14.1 Å². The fraction of sp³-hybridized carbons (Fsp3) is 1.00. The van der Waals surface area contributed by atoms with Crippen molar-refractivity contribution in [1.29, 1.82) is 0 Å². The first kappa shape index (κ1) is 9.50. The van der Waals surface area contributed by atoms with E-state index in [1.165, 1.54) is 0 Å². The van der Waals surface area contributed by atoms with Gasteiger partial charge >= 0.3 is 0 Å². The van der Waals surface area contributed by atoms with Crippen LogP contribution in [0.5, 0.6) is 0 Å². The first-order valence-electron chi connectivity index (χ1n) is 1.78. The minimum Gasteiger partial charge on any atom is -0.0923 e.